The number of esters is 1. The average molecular weight is 417 g/mol. The smallest absolute Gasteiger partial charge is 0.363 e. The van der Waals surface area contributed by atoms with Crippen molar-refractivity contribution in [1.29, 1.82) is 0 Å². The van der Waals surface area contributed by atoms with Gasteiger partial charge in [0, 0.05) is 11.1 Å². The molecule has 0 saturated heterocycles. The number of methoxy groups -OCH3 is 1. The fourth-order valence-electron chi connectivity index (χ4n) is 3.22. The lowest BCUT2D eigenvalue weighted by Crippen LogP contribution is -2.05. The first-order valence-electron chi connectivity index (χ1n) is 9.67. The van der Waals surface area contributed by atoms with Gasteiger partial charge in [-0.2, -0.15) is 0 Å². The summed E-state index contributed by atoms with van der Waals surface area (Å²) < 4.78 is 30.2. The van der Waals surface area contributed by atoms with Gasteiger partial charge < -0.3 is 14.2 Å². The van der Waals surface area contributed by atoms with Crippen LogP contribution in [0.2, 0.25) is 0 Å². The van der Waals surface area contributed by atoms with Crippen molar-refractivity contribution in [3.8, 4) is 11.5 Å². The molecule has 0 unspecified atom stereocenters. The maximum Gasteiger partial charge on any atom is 0.363 e. The van der Waals surface area contributed by atoms with Crippen LogP contribution >= 0.6 is 0 Å². The zero-order valence-electron chi connectivity index (χ0n) is 17.1. The summed E-state index contributed by atoms with van der Waals surface area (Å²) in [7, 11) is 1.55. The summed E-state index contributed by atoms with van der Waals surface area (Å²) >= 11 is 0. The van der Waals surface area contributed by atoms with Crippen LogP contribution in [0.5, 0.6) is 11.5 Å². The Morgan fingerprint density at radius 3 is 2.65 bits per heavy atom. The first-order valence-corrected chi connectivity index (χ1v) is 9.67. The van der Waals surface area contributed by atoms with Crippen molar-refractivity contribution >= 4 is 17.9 Å². The predicted molar refractivity (Wildman–Crippen MR) is 116 cm³/mol. The highest BCUT2D eigenvalue weighted by Crippen LogP contribution is 2.34. The fourth-order valence-corrected chi connectivity index (χ4v) is 3.22. The van der Waals surface area contributed by atoms with Gasteiger partial charge in [-0.1, -0.05) is 48.0 Å². The second-order valence-electron chi connectivity index (χ2n) is 7.00. The number of cyclic esters (lactones) is 1. The molecule has 0 aliphatic carbocycles. The van der Waals surface area contributed by atoms with Gasteiger partial charge in [0.15, 0.2) is 17.2 Å². The molecule has 0 atom stereocenters. The molecule has 0 N–H and O–H groups in total. The Balaban J connectivity index is 1.66. The van der Waals surface area contributed by atoms with Gasteiger partial charge in [0.1, 0.15) is 12.4 Å². The molecular weight excluding hydrogens is 397 g/mol. The molecule has 0 radical (unpaired) electrons. The van der Waals surface area contributed by atoms with Crippen LogP contribution in [0.15, 0.2) is 77.4 Å². The molecule has 0 fully saturated rings. The molecule has 0 aromatic heterocycles. The van der Waals surface area contributed by atoms with Crippen LogP contribution in [-0.4, -0.2) is 19.0 Å². The predicted octanol–water partition coefficient (Wildman–Crippen LogP) is 5.07. The molecule has 0 saturated carbocycles. The van der Waals surface area contributed by atoms with Gasteiger partial charge in [0.25, 0.3) is 0 Å². The number of benzene rings is 3. The van der Waals surface area contributed by atoms with Gasteiger partial charge in [-0.25, -0.2) is 14.2 Å². The van der Waals surface area contributed by atoms with Crippen molar-refractivity contribution in [2.24, 2.45) is 4.99 Å². The quantitative estimate of drug-likeness (QED) is 0.415. The van der Waals surface area contributed by atoms with E-state index in [2.05, 4.69) is 4.99 Å². The van der Waals surface area contributed by atoms with Gasteiger partial charge in [-0.05, 0) is 42.8 Å². The lowest BCUT2D eigenvalue weighted by molar-refractivity contribution is -0.129. The molecule has 0 bridgehead atoms. The molecule has 5 nitrogen and oxygen atoms in total. The van der Waals surface area contributed by atoms with E-state index in [4.69, 9.17) is 14.2 Å². The number of hydrogen-bond acceptors (Lipinski definition) is 5. The Morgan fingerprint density at radius 1 is 1.06 bits per heavy atom. The minimum atomic E-state index is -0.619. The first kappa shape index (κ1) is 20.3. The lowest BCUT2D eigenvalue weighted by atomic mass is 10.1. The SMILES string of the molecule is COc1cccc(/C=C2\N=C(c3cccc(F)c3)OC2=O)c1OCc1cccc(C)c1. The van der Waals surface area contributed by atoms with Gasteiger partial charge in [-0.15, -0.1) is 0 Å². The minimum Gasteiger partial charge on any atom is -0.493 e. The summed E-state index contributed by atoms with van der Waals surface area (Å²) in [5.74, 6) is 0.0183. The molecule has 156 valence electrons. The Morgan fingerprint density at radius 2 is 1.87 bits per heavy atom. The molecular formula is C25H20FNO4. The van der Waals surface area contributed by atoms with E-state index in [-0.39, 0.29) is 11.6 Å². The van der Waals surface area contributed by atoms with Crippen LogP contribution in [0, 0.1) is 12.7 Å². The maximum absolute atomic E-state index is 13.5. The third-order valence-corrected chi connectivity index (χ3v) is 4.68. The number of hydrogen-bond donors (Lipinski definition) is 0. The highest BCUT2D eigenvalue weighted by molar-refractivity contribution is 6.13. The van der Waals surface area contributed by atoms with Crippen LogP contribution in [0.3, 0.4) is 0 Å². The number of carbonyl (C=O) groups is 1. The molecule has 6 heteroatoms. The van der Waals surface area contributed by atoms with E-state index in [0.717, 1.165) is 11.1 Å². The molecule has 31 heavy (non-hydrogen) atoms. The van der Waals surface area contributed by atoms with E-state index >= 15 is 0 Å². The van der Waals surface area contributed by atoms with Gasteiger partial charge in [0.05, 0.1) is 7.11 Å². The van der Waals surface area contributed by atoms with Crippen molar-refractivity contribution in [1.82, 2.24) is 0 Å². The third kappa shape index (κ3) is 4.64. The zero-order valence-corrected chi connectivity index (χ0v) is 17.1. The van der Waals surface area contributed by atoms with Crippen molar-refractivity contribution in [3.05, 3.63) is 100 Å². The number of halogens is 1. The number of rotatable bonds is 6. The molecule has 0 spiro atoms. The number of aliphatic imine (C=N–C) groups is 1. The van der Waals surface area contributed by atoms with Crippen molar-refractivity contribution in [2.45, 2.75) is 13.5 Å². The molecule has 1 aliphatic rings. The van der Waals surface area contributed by atoms with Crippen LogP contribution in [-0.2, 0) is 16.1 Å². The summed E-state index contributed by atoms with van der Waals surface area (Å²) in [5.41, 5.74) is 3.24. The summed E-state index contributed by atoms with van der Waals surface area (Å²) in [6, 6.07) is 19.1. The molecule has 1 aliphatic heterocycles. The fraction of sp³-hybridized carbons (Fsp3) is 0.120. The van der Waals surface area contributed by atoms with Crippen molar-refractivity contribution < 1.29 is 23.4 Å². The molecule has 0 amide bonds. The van der Waals surface area contributed by atoms with E-state index in [0.29, 0.717) is 29.2 Å². The summed E-state index contributed by atoms with van der Waals surface area (Å²) in [6.07, 6.45) is 1.57. The second kappa shape index (κ2) is 8.83. The number of para-hydroxylation sites is 1. The van der Waals surface area contributed by atoms with E-state index in [1.807, 2.05) is 31.2 Å². The van der Waals surface area contributed by atoms with Gasteiger partial charge >= 0.3 is 5.97 Å². The molecule has 3 aromatic rings. The monoisotopic (exact) mass is 417 g/mol. The third-order valence-electron chi connectivity index (χ3n) is 4.68. The van der Waals surface area contributed by atoms with E-state index in [9.17, 15) is 9.18 Å². The standard InChI is InChI=1S/C25H20FNO4/c1-16-6-3-7-17(12-16)15-30-23-18(8-5-11-22(23)29-2)14-21-25(28)31-24(27-21)19-9-4-10-20(26)13-19/h3-14H,15H2,1-2H3/b21-14-. The molecule has 1 heterocycles. The first-order chi connectivity index (χ1) is 15.0. The number of aryl methyl sites for hydroxylation is 1. The summed E-state index contributed by atoms with van der Waals surface area (Å²) in [6.45, 7) is 2.35. The van der Waals surface area contributed by atoms with Crippen molar-refractivity contribution in [3.63, 3.8) is 0 Å². The number of ether oxygens (including phenoxy) is 3. The average Bonchev–Trinajstić information content (AvgIpc) is 3.13. The molecule has 3 aromatic carbocycles. The lowest BCUT2D eigenvalue weighted by Gasteiger charge is -2.14. The van der Waals surface area contributed by atoms with Gasteiger partial charge in [0.2, 0.25) is 5.90 Å². The Hall–Kier alpha value is -3.93. The topological polar surface area (TPSA) is 57.1 Å². The second-order valence-corrected chi connectivity index (χ2v) is 7.00. The Bertz CT molecular complexity index is 1200. The zero-order chi connectivity index (χ0) is 21.8. The van der Waals surface area contributed by atoms with E-state index in [1.54, 1.807) is 37.5 Å². The number of nitrogens with zero attached hydrogens (tertiary/aromatic N) is 1. The maximum atomic E-state index is 13.5. The normalized spacial score (nSPS) is 14.4. The summed E-state index contributed by atoms with van der Waals surface area (Å²) in [5, 5.41) is 0. The highest BCUT2D eigenvalue weighted by Gasteiger charge is 2.25. The van der Waals surface area contributed by atoms with Crippen LogP contribution < -0.4 is 9.47 Å². The molecule has 4 rings (SSSR count). The van der Waals surface area contributed by atoms with Crippen LogP contribution in [0.4, 0.5) is 4.39 Å². The van der Waals surface area contributed by atoms with Gasteiger partial charge in [-0.3, -0.25) is 0 Å². The summed E-state index contributed by atoms with van der Waals surface area (Å²) in [4.78, 5) is 16.6. The van der Waals surface area contributed by atoms with E-state index in [1.165, 1.54) is 18.2 Å². The van der Waals surface area contributed by atoms with E-state index < -0.39 is 11.8 Å². The Kier molecular flexibility index (Phi) is 5.80. The number of carbonyl (C=O) groups excluding carboxylic acids is 1. The van der Waals surface area contributed by atoms with Crippen molar-refractivity contribution in [2.75, 3.05) is 7.11 Å². The largest absolute Gasteiger partial charge is 0.493 e. The van der Waals surface area contributed by atoms with Crippen LogP contribution in [0.1, 0.15) is 22.3 Å². The highest BCUT2D eigenvalue weighted by atomic mass is 19.1. The Labute approximate surface area is 179 Å². The van der Waals surface area contributed by atoms with Crippen LogP contribution in [0.25, 0.3) is 6.08 Å². The minimum absolute atomic E-state index is 0.0564.